The second-order valence-corrected chi connectivity index (χ2v) is 7.09. The Balaban J connectivity index is 1.48. The molecule has 1 aliphatic rings. The number of benzene rings is 2. The van der Waals surface area contributed by atoms with Gasteiger partial charge in [0.25, 0.3) is 5.91 Å². The van der Waals surface area contributed by atoms with Crippen molar-refractivity contribution in [3.05, 3.63) is 83.0 Å². The van der Waals surface area contributed by atoms with Crippen molar-refractivity contribution in [3.8, 4) is 5.88 Å². The zero-order valence-electron chi connectivity index (χ0n) is 15.6. The molecule has 2 aromatic carbocycles. The number of carbonyl (C=O) groups is 1. The van der Waals surface area contributed by atoms with Crippen LogP contribution in [0.25, 0.3) is 0 Å². The fourth-order valence-electron chi connectivity index (χ4n) is 3.40. The van der Waals surface area contributed by atoms with Crippen LogP contribution in [-0.4, -0.2) is 27.1 Å². The van der Waals surface area contributed by atoms with Gasteiger partial charge in [-0.2, -0.15) is 0 Å². The number of aromatic nitrogens is 2. The van der Waals surface area contributed by atoms with Gasteiger partial charge in [0.2, 0.25) is 5.88 Å². The Morgan fingerprint density at radius 2 is 1.89 bits per heavy atom. The summed E-state index contributed by atoms with van der Waals surface area (Å²) >= 11 is 0. The number of ether oxygens (including phenoxy) is 1. The fraction of sp³-hybridized carbons (Fsp3) is 0.273. The smallest absolute Gasteiger partial charge is 0.254 e. The number of nitrogens with zero attached hydrogens (tertiary/aromatic N) is 3. The second-order valence-electron chi connectivity index (χ2n) is 7.09. The average molecular weight is 361 g/mol. The Labute approximate surface area is 159 Å². The van der Waals surface area contributed by atoms with E-state index < -0.39 is 0 Å². The molecule has 0 fully saturated rings. The van der Waals surface area contributed by atoms with Gasteiger partial charge in [0.05, 0.1) is 18.3 Å². The Kier molecular flexibility index (Phi) is 4.67. The molecule has 0 N–H and O–H groups in total. The van der Waals surface area contributed by atoms with Crippen molar-refractivity contribution < 1.29 is 9.53 Å². The highest BCUT2D eigenvalue weighted by Crippen LogP contribution is 2.26. The van der Waals surface area contributed by atoms with Crippen LogP contribution < -0.4 is 4.74 Å². The van der Waals surface area contributed by atoms with Crippen LogP contribution in [0.1, 0.15) is 40.1 Å². The SMILES string of the molecule is Cc1ccc(C(=O)N2Cc3cc(OCc4ccccc4)nn3[C@@H](C)C2)cc1. The van der Waals surface area contributed by atoms with Crippen LogP contribution in [-0.2, 0) is 13.2 Å². The maximum absolute atomic E-state index is 12.8. The summed E-state index contributed by atoms with van der Waals surface area (Å²) in [6.07, 6.45) is 0. The fourth-order valence-corrected chi connectivity index (χ4v) is 3.40. The highest BCUT2D eigenvalue weighted by Gasteiger charge is 2.28. The molecule has 5 nitrogen and oxygen atoms in total. The minimum atomic E-state index is 0.0565. The molecule has 1 atom stereocenters. The number of hydrogen-bond donors (Lipinski definition) is 0. The van der Waals surface area contributed by atoms with E-state index in [4.69, 9.17) is 4.74 Å². The lowest BCUT2D eigenvalue weighted by atomic mass is 10.1. The summed E-state index contributed by atoms with van der Waals surface area (Å²) in [5.41, 5.74) is 3.98. The minimum Gasteiger partial charge on any atom is -0.472 e. The van der Waals surface area contributed by atoms with Crippen molar-refractivity contribution in [2.45, 2.75) is 33.0 Å². The molecule has 0 unspecified atom stereocenters. The van der Waals surface area contributed by atoms with Gasteiger partial charge in [-0.3, -0.25) is 9.48 Å². The molecule has 0 bridgehead atoms. The largest absolute Gasteiger partial charge is 0.472 e. The highest BCUT2D eigenvalue weighted by atomic mass is 16.5. The van der Waals surface area contributed by atoms with E-state index in [1.165, 1.54) is 0 Å². The van der Waals surface area contributed by atoms with Gasteiger partial charge < -0.3 is 9.64 Å². The monoisotopic (exact) mass is 361 g/mol. The van der Waals surface area contributed by atoms with Crippen LogP contribution in [0.3, 0.4) is 0 Å². The first-order chi connectivity index (χ1) is 13.1. The van der Waals surface area contributed by atoms with Gasteiger partial charge in [-0.15, -0.1) is 5.10 Å². The van der Waals surface area contributed by atoms with Gasteiger partial charge in [0, 0.05) is 18.2 Å². The van der Waals surface area contributed by atoms with Crippen LogP contribution in [0.15, 0.2) is 60.7 Å². The average Bonchev–Trinajstić information content (AvgIpc) is 3.11. The lowest BCUT2D eigenvalue weighted by molar-refractivity contribution is 0.0677. The van der Waals surface area contributed by atoms with Crippen molar-refractivity contribution in [1.82, 2.24) is 14.7 Å². The van der Waals surface area contributed by atoms with Crippen molar-refractivity contribution in [1.29, 1.82) is 0 Å². The number of fused-ring (bicyclic) bond motifs is 1. The molecule has 5 heteroatoms. The maximum atomic E-state index is 12.8. The maximum Gasteiger partial charge on any atom is 0.254 e. The molecule has 0 aliphatic carbocycles. The predicted octanol–water partition coefficient (Wildman–Crippen LogP) is 3.99. The van der Waals surface area contributed by atoms with E-state index in [9.17, 15) is 4.79 Å². The van der Waals surface area contributed by atoms with Crippen LogP contribution in [0.4, 0.5) is 0 Å². The first-order valence-corrected chi connectivity index (χ1v) is 9.21. The molecular weight excluding hydrogens is 338 g/mol. The van der Waals surface area contributed by atoms with E-state index in [0.717, 1.165) is 22.4 Å². The molecule has 27 heavy (non-hydrogen) atoms. The van der Waals surface area contributed by atoms with Crippen LogP contribution >= 0.6 is 0 Å². The number of carbonyl (C=O) groups excluding carboxylic acids is 1. The van der Waals surface area contributed by atoms with Gasteiger partial charge in [-0.1, -0.05) is 48.0 Å². The summed E-state index contributed by atoms with van der Waals surface area (Å²) in [6, 6.07) is 19.8. The topological polar surface area (TPSA) is 47.4 Å². The molecule has 138 valence electrons. The van der Waals surface area contributed by atoms with E-state index >= 15 is 0 Å². The standard InChI is InChI=1S/C22H23N3O2/c1-16-8-10-19(11-9-16)22(26)24-13-17(2)25-20(14-24)12-21(23-25)27-15-18-6-4-3-5-7-18/h3-12,17H,13-15H2,1-2H3/t17-/m0/s1. The zero-order valence-corrected chi connectivity index (χ0v) is 15.6. The number of amides is 1. The molecule has 1 aliphatic heterocycles. The van der Waals surface area contributed by atoms with Gasteiger partial charge in [-0.25, -0.2) is 0 Å². The quantitative estimate of drug-likeness (QED) is 0.706. The molecule has 0 radical (unpaired) electrons. The Morgan fingerprint density at radius 3 is 2.63 bits per heavy atom. The third-order valence-corrected chi connectivity index (χ3v) is 4.86. The molecule has 1 amide bonds. The Morgan fingerprint density at radius 1 is 1.15 bits per heavy atom. The van der Waals surface area contributed by atoms with Gasteiger partial charge in [0.1, 0.15) is 6.61 Å². The number of hydrogen-bond acceptors (Lipinski definition) is 3. The molecule has 1 aromatic heterocycles. The molecular formula is C22H23N3O2. The van der Waals surface area contributed by atoms with E-state index in [0.29, 0.717) is 25.6 Å². The molecule has 0 saturated heterocycles. The molecule has 2 heterocycles. The van der Waals surface area contributed by atoms with Crippen molar-refractivity contribution in [3.63, 3.8) is 0 Å². The summed E-state index contributed by atoms with van der Waals surface area (Å²) in [5.74, 6) is 0.659. The van der Waals surface area contributed by atoms with E-state index in [2.05, 4.69) is 12.0 Å². The number of aryl methyl sites for hydroxylation is 1. The van der Waals surface area contributed by atoms with Crippen LogP contribution in [0.5, 0.6) is 5.88 Å². The summed E-state index contributed by atoms with van der Waals surface area (Å²) < 4.78 is 7.82. The van der Waals surface area contributed by atoms with Crippen LogP contribution in [0, 0.1) is 6.92 Å². The first kappa shape index (κ1) is 17.3. The van der Waals surface area contributed by atoms with Crippen molar-refractivity contribution in [2.75, 3.05) is 6.54 Å². The molecule has 3 aromatic rings. The minimum absolute atomic E-state index is 0.0565. The van der Waals surface area contributed by atoms with E-state index in [-0.39, 0.29) is 11.9 Å². The van der Waals surface area contributed by atoms with Gasteiger partial charge >= 0.3 is 0 Å². The summed E-state index contributed by atoms with van der Waals surface area (Å²) in [7, 11) is 0. The highest BCUT2D eigenvalue weighted by molar-refractivity contribution is 5.94. The summed E-state index contributed by atoms with van der Waals surface area (Å²) in [4.78, 5) is 14.7. The Bertz CT molecular complexity index is 932. The molecule has 0 spiro atoms. The van der Waals surface area contributed by atoms with E-state index in [1.807, 2.05) is 77.2 Å². The number of rotatable bonds is 4. The normalized spacial score (nSPS) is 16.1. The third kappa shape index (κ3) is 3.72. The summed E-state index contributed by atoms with van der Waals surface area (Å²) in [5, 5.41) is 4.58. The van der Waals surface area contributed by atoms with Crippen LogP contribution in [0.2, 0.25) is 0 Å². The molecule has 0 saturated carbocycles. The lowest BCUT2D eigenvalue weighted by Gasteiger charge is -2.32. The zero-order chi connectivity index (χ0) is 18.8. The van der Waals surface area contributed by atoms with Gasteiger partial charge in [-0.05, 0) is 31.5 Å². The van der Waals surface area contributed by atoms with Crippen molar-refractivity contribution in [2.24, 2.45) is 0 Å². The van der Waals surface area contributed by atoms with Gasteiger partial charge in [0.15, 0.2) is 0 Å². The first-order valence-electron chi connectivity index (χ1n) is 9.21. The second kappa shape index (κ2) is 7.27. The summed E-state index contributed by atoms with van der Waals surface area (Å²) in [6.45, 7) is 5.76. The molecule has 4 rings (SSSR count). The van der Waals surface area contributed by atoms with Crippen molar-refractivity contribution >= 4 is 5.91 Å². The third-order valence-electron chi connectivity index (χ3n) is 4.86. The lowest BCUT2D eigenvalue weighted by Crippen LogP contribution is -2.40. The Hall–Kier alpha value is -3.08. The van der Waals surface area contributed by atoms with E-state index in [1.54, 1.807) is 0 Å². The predicted molar refractivity (Wildman–Crippen MR) is 104 cm³/mol.